The van der Waals surface area contributed by atoms with Crippen LogP contribution in [-0.4, -0.2) is 40.8 Å². The molecule has 0 bridgehead atoms. The van der Waals surface area contributed by atoms with Crippen LogP contribution in [-0.2, 0) is 0 Å². The van der Waals surface area contributed by atoms with E-state index in [9.17, 15) is 0 Å². The first-order valence-corrected chi connectivity index (χ1v) is 3.76. The molecule has 3 heteroatoms. The van der Waals surface area contributed by atoms with E-state index in [0.29, 0.717) is 25.0 Å². The van der Waals surface area contributed by atoms with Crippen LogP contribution in [0.25, 0.3) is 0 Å². The molecular formula is C8H23AlO2. The maximum atomic E-state index is 8.14. The molecule has 0 aliphatic carbocycles. The van der Waals surface area contributed by atoms with Gasteiger partial charge in [-0.1, -0.05) is 27.7 Å². The predicted molar refractivity (Wildman–Crippen MR) is 53.8 cm³/mol. The first-order valence-electron chi connectivity index (χ1n) is 3.76. The molecular weight excluding hydrogens is 155 g/mol. The Morgan fingerprint density at radius 3 is 0.909 bits per heavy atom. The van der Waals surface area contributed by atoms with Crippen molar-refractivity contribution >= 4 is 17.4 Å². The van der Waals surface area contributed by atoms with Gasteiger partial charge < -0.3 is 10.2 Å². The van der Waals surface area contributed by atoms with E-state index in [2.05, 4.69) is 0 Å². The Hall–Kier alpha value is 0.452. The lowest BCUT2D eigenvalue weighted by atomic mass is 10.2. The number of hydrogen-bond donors (Lipinski definition) is 2. The van der Waals surface area contributed by atoms with Crippen molar-refractivity contribution in [3.63, 3.8) is 0 Å². The van der Waals surface area contributed by atoms with E-state index in [0.717, 1.165) is 0 Å². The number of aliphatic hydroxyl groups excluding tert-OH is 2. The van der Waals surface area contributed by atoms with Crippen LogP contribution in [0.1, 0.15) is 27.7 Å². The largest absolute Gasteiger partial charge is 0.396 e. The van der Waals surface area contributed by atoms with E-state index in [-0.39, 0.29) is 17.4 Å². The van der Waals surface area contributed by atoms with Gasteiger partial charge in [0.15, 0.2) is 17.4 Å². The fourth-order valence-corrected chi connectivity index (χ4v) is 0. The molecule has 70 valence electrons. The highest BCUT2D eigenvalue weighted by atomic mass is 27.0. The van der Waals surface area contributed by atoms with Crippen LogP contribution in [0.4, 0.5) is 0 Å². The highest BCUT2D eigenvalue weighted by Gasteiger charge is 1.82. The SMILES string of the molecule is CC(C)CO.CC(C)CO.[AlH3]. The molecule has 0 radical (unpaired) electrons. The summed E-state index contributed by atoms with van der Waals surface area (Å²) < 4.78 is 0. The molecule has 11 heavy (non-hydrogen) atoms. The molecule has 2 N–H and O–H groups in total. The Bertz CT molecular complexity index is 48.1. The van der Waals surface area contributed by atoms with Gasteiger partial charge in [0.2, 0.25) is 0 Å². The minimum Gasteiger partial charge on any atom is -0.396 e. The standard InChI is InChI=1S/2C4H10O.Al.3H/c2*1-4(2)3-5;;;;/h2*4-5H,3H2,1-2H3;;;;. The number of hydrogen-bond acceptors (Lipinski definition) is 2. The molecule has 0 heterocycles. The van der Waals surface area contributed by atoms with E-state index in [1.165, 1.54) is 0 Å². The van der Waals surface area contributed by atoms with Gasteiger partial charge in [-0.15, -0.1) is 0 Å². The van der Waals surface area contributed by atoms with Crippen LogP contribution >= 0.6 is 0 Å². The molecule has 0 aliphatic rings. The van der Waals surface area contributed by atoms with Crippen molar-refractivity contribution in [1.29, 1.82) is 0 Å². The zero-order valence-corrected chi connectivity index (χ0v) is 7.46. The first-order chi connectivity index (χ1) is 4.54. The van der Waals surface area contributed by atoms with Crippen molar-refractivity contribution < 1.29 is 10.2 Å². The zero-order valence-electron chi connectivity index (χ0n) is 7.46. The van der Waals surface area contributed by atoms with Crippen molar-refractivity contribution in [2.75, 3.05) is 13.2 Å². The zero-order chi connectivity index (χ0) is 8.57. The monoisotopic (exact) mass is 178 g/mol. The van der Waals surface area contributed by atoms with Crippen molar-refractivity contribution in [3.05, 3.63) is 0 Å². The molecule has 2 nitrogen and oxygen atoms in total. The van der Waals surface area contributed by atoms with Gasteiger partial charge in [0, 0.05) is 13.2 Å². The molecule has 0 atom stereocenters. The average Bonchev–Trinajstić information content (AvgIpc) is 1.89. The number of aliphatic hydroxyl groups is 2. The quantitative estimate of drug-likeness (QED) is 0.588. The van der Waals surface area contributed by atoms with Crippen LogP contribution in [0.5, 0.6) is 0 Å². The maximum absolute atomic E-state index is 8.14. The summed E-state index contributed by atoms with van der Waals surface area (Å²) in [5.41, 5.74) is 0. The summed E-state index contributed by atoms with van der Waals surface area (Å²) in [5, 5.41) is 16.3. The lowest BCUT2D eigenvalue weighted by Crippen LogP contribution is -1.90. The van der Waals surface area contributed by atoms with Gasteiger partial charge in [0.1, 0.15) is 0 Å². The molecule has 0 rings (SSSR count). The highest BCUT2D eigenvalue weighted by Crippen LogP contribution is 1.83. The normalized spacial score (nSPS) is 8.73. The van der Waals surface area contributed by atoms with Gasteiger partial charge in [-0.3, -0.25) is 0 Å². The second-order valence-corrected chi connectivity index (χ2v) is 3.15. The molecule has 0 spiro atoms. The summed E-state index contributed by atoms with van der Waals surface area (Å²) >= 11 is 0. The lowest BCUT2D eigenvalue weighted by molar-refractivity contribution is 0.248. The van der Waals surface area contributed by atoms with E-state index in [1.54, 1.807) is 0 Å². The molecule has 0 amide bonds. The average molecular weight is 178 g/mol. The predicted octanol–water partition coefficient (Wildman–Crippen LogP) is 0.0855. The Morgan fingerprint density at radius 1 is 0.818 bits per heavy atom. The molecule has 0 aromatic rings. The Morgan fingerprint density at radius 2 is 0.909 bits per heavy atom. The third kappa shape index (κ3) is 37.7. The summed E-state index contributed by atoms with van der Waals surface area (Å²) in [4.78, 5) is 0. The van der Waals surface area contributed by atoms with Crippen LogP contribution < -0.4 is 0 Å². The Balaban J connectivity index is -0.000000107. The third-order valence-corrected chi connectivity index (χ3v) is 0.730. The summed E-state index contributed by atoms with van der Waals surface area (Å²) in [6.07, 6.45) is 0. The van der Waals surface area contributed by atoms with E-state index >= 15 is 0 Å². The van der Waals surface area contributed by atoms with Crippen LogP contribution in [0, 0.1) is 11.8 Å². The van der Waals surface area contributed by atoms with Gasteiger partial charge in [-0.05, 0) is 11.8 Å². The van der Waals surface area contributed by atoms with E-state index < -0.39 is 0 Å². The third-order valence-electron chi connectivity index (χ3n) is 0.730. The van der Waals surface area contributed by atoms with Gasteiger partial charge in [0.05, 0.1) is 0 Å². The number of rotatable bonds is 2. The molecule has 0 saturated heterocycles. The fraction of sp³-hybridized carbons (Fsp3) is 1.00. The van der Waals surface area contributed by atoms with Crippen LogP contribution in [0.2, 0.25) is 0 Å². The Labute approximate surface area is 80.8 Å². The Kier molecular flexibility index (Phi) is 20.8. The van der Waals surface area contributed by atoms with E-state index in [1.807, 2.05) is 27.7 Å². The highest BCUT2D eigenvalue weighted by molar-refractivity contribution is 5.75. The maximum Gasteiger partial charge on any atom is 0.187 e. The lowest BCUT2D eigenvalue weighted by Gasteiger charge is -1.90. The van der Waals surface area contributed by atoms with Gasteiger partial charge in [0.25, 0.3) is 0 Å². The van der Waals surface area contributed by atoms with Gasteiger partial charge in [-0.25, -0.2) is 0 Å². The van der Waals surface area contributed by atoms with Crippen LogP contribution in [0.15, 0.2) is 0 Å². The fourth-order valence-electron chi connectivity index (χ4n) is 0. The first kappa shape index (κ1) is 17.5. The van der Waals surface area contributed by atoms with E-state index in [4.69, 9.17) is 10.2 Å². The molecule has 0 aromatic carbocycles. The molecule has 0 aromatic heterocycles. The summed E-state index contributed by atoms with van der Waals surface area (Å²) in [7, 11) is 0. The van der Waals surface area contributed by atoms with Gasteiger partial charge >= 0.3 is 0 Å². The molecule has 0 unspecified atom stereocenters. The topological polar surface area (TPSA) is 40.5 Å². The van der Waals surface area contributed by atoms with Crippen molar-refractivity contribution in [3.8, 4) is 0 Å². The molecule has 0 fully saturated rings. The van der Waals surface area contributed by atoms with Crippen molar-refractivity contribution in [2.24, 2.45) is 11.8 Å². The van der Waals surface area contributed by atoms with Gasteiger partial charge in [-0.2, -0.15) is 0 Å². The van der Waals surface area contributed by atoms with Crippen molar-refractivity contribution in [2.45, 2.75) is 27.7 Å². The summed E-state index contributed by atoms with van der Waals surface area (Å²) in [6.45, 7) is 8.50. The minimum absolute atomic E-state index is 0. The molecule has 0 aliphatic heterocycles. The molecule has 0 saturated carbocycles. The van der Waals surface area contributed by atoms with Crippen molar-refractivity contribution in [1.82, 2.24) is 0 Å². The smallest absolute Gasteiger partial charge is 0.187 e. The summed E-state index contributed by atoms with van der Waals surface area (Å²) in [6, 6.07) is 0. The second kappa shape index (κ2) is 13.1. The van der Waals surface area contributed by atoms with Crippen LogP contribution in [0.3, 0.4) is 0 Å². The minimum atomic E-state index is 0. The second-order valence-electron chi connectivity index (χ2n) is 3.15. The summed E-state index contributed by atoms with van der Waals surface area (Å²) in [5.74, 6) is 0.880.